The fourth-order valence-electron chi connectivity index (χ4n) is 3.93. The molecule has 1 fully saturated rings. The van der Waals surface area contributed by atoms with Gasteiger partial charge in [0.2, 0.25) is 0 Å². The van der Waals surface area contributed by atoms with E-state index in [-0.39, 0.29) is 18.6 Å². The van der Waals surface area contributed by atoms with Gasteiger partial charge in [0, 0.05) is 34.9 Å². The molecule has 0 heterocycles. The molecule has 1 aliphatic carbocycles. The van der Waals surface area contributed by atoms with E-state index >= 15 is 0 Å². The maximum absolute atomic E-state index is 12.7. The second-order valence-corrected chi connectivity index (χ2v) is 7.67. The number of hydrogen-bond donors (Lipinski definition) is 0. The van der Waals surface area contributed by atoms with Crippen LogP contribution < -0.4 is 4.74 Å². The topological polar surface area (TPSA) is 32.8 Å². The van der Waals surface area contributed by atoms with Crippen molar-refractivity contribution in [1.29, 1.82) is 0 Å². The molecule has 0 aromatic heterocycles. The van der Waals surface area contributed by atoms with Gasteiger partial charge in [0.25, 0.3) is 5.91 Å². The Morgan fingerprint density at radius 3 is 2.38 bits per heavy atom. The molecule has 2 aromatic carbocycles. The molecule has 2 aromatic rings. The molecule has 0 bridgehead atoms. The summed E-state index contributed by atoms with van der Waals surface area (Å²) in [6.45, 7) is 0.0405. The molecule has 0 unspecified atom stereocenters. The summed E-state index contributed by atoms with van der Waals surface area (Å²) in [6.07, 6.45) is 4.59. The Kier molecular flexibility index (Phi) is 6.05. The van der Waals surface area contributed by atoms with Crippen molar-refractivity contribution in [3.63, 3.8) is 0 Å². The summed E-state index contributed by atoms with van der Waals surface area (Å²) in [6, 6.07) is 12.1. The highest BCUT2D eigenvalue weighted by Crippen LogP contribution is 2.31. The van der Waals surface area contributed by atoms with E-state index in [2.05, 4.69) is 19.0 Å². The lowest BCUT2D eigenvalue weighted by Crippen LogP contribution is -2.52. The Balaban J connectivity index is 1.70. The van der Waals surface area contributed by atoms with Crippen molar-refractivity contribution in [2.45, 2.75) is 37.8 Å². The van der Waals surface area contributed by atoms with Gasteiger partial charge in [0.1, 0.15) is 5.75 Å². The van der Waals surface area contributed by atoms with Crippen molar-refractivity contribution in [3.8, 4) is 5.75 Å². The molecule has 0 aliphatic heterocycles. The van der Waals surface area contributed by atoms with Crippen molar-refractivity contribution >= 4 is 28.3 Å². The zero-order chi connectivity index (χ0) is 18.7. The minimum atomic E-state index is 0.0165. The first-order chi connectivity index (χ1) is 12.5. The summed E-state index contributed by atoms with van der Waals surface area (Å²) in [5.41, 5.74) is 0. The van der Waals surface area contributed by atoms with E-state index in [1.807, 2.05) is 48.3 Å². The molecule has 140 valence electrons. The standard InChI is InChI=1S/C21H27ClN2O2/c1-23(2)18-10-6-7-11-19(18)24(3)21(25)14-26-20-13-12-17(22)15-8-4-5-9-16(15)20/h4-5,8-9,12-13,18-19H,6-7,10-11,14H2,1-3H3/t18-,19-/m1/s1. The number of hydrogen-bond acceptors (Lipinski definition) is 3. The average Bonchev–Trinajstić information content (AvgIpc) is 2.67. The fourth-order valence-corrected chi connectivity index (χ4v) is 4.16. The summed E-state index contributed by atoms with van der Waals surface area (Å²) in [5, 5.41) is 2.55. The molecule has 0 N–H and O–H groups in total. The molecule has 1 amide bonds. The van der Waals surface area contributed by atoms with E-state index in [1.54, 1.807) is 0 Å². The van der Waals surface area contributed by atoms with Crippen molar-refractivity contribution in [2.24, 2.45) is 0 Å². The summed E-state index contributed by atoms with van der Waals surface area (Å²) in [7, 11) is 6.09. The third-order valence-electron chi connectivity index (χ3n) is 5.43. The lowest BCUT2D eigenvalue weighted by Gasteiger charge is -2.41. The number of carbonyl (C=O) groups is 1. The smallest absolute Gasteiger partial charge is 0.260 e. The number of ether oxygens (including phenoxy) is 1. The SMILES string of the molecule is CN(C)[C@@H]1CCCC[C@H]1N(C)C(=O)COc1ccc(Cl)c2ccccc12. The Bertz CT molecular complexity index is 778. The predicted octanol–water partition coefficient (Wildman–Crippen LogP) is 4.20. The number of nitrogens with zero attached hydrogens (tertiary/aromatic N) is 2. The van der Waals surface area contributed by atoms with Gasteiger partial charge in [-0.1, -0.05) is 48.7 Å². The molecule has 26 heavy (non-hydrogen) atoms. The summed E-state index contributed by atoms with van der Waals surface area (Å²) >= 11 is 6.25. The van der Waals surface area contributed by atoms with Crippen LogP contribution in [0.3, 0.4) is 0 Å². The van der Waals surface area contributed by atoms with Gasteiger partial charge in [-0.2, -0.15) is 0 Å². The van der Waals surface area contributed by atoms with Crippen LogP contribution in [-0.2, 0) is 4.79 Å². The highest BCUT2D eigenvalue weighted by atomic mass is 35.5. The Morgan fingerprint density at radius 2 is 1.69 bits per heavy atom. The average molecular weight is 375 g/mol. The number of halogens is 1. The van der Waals surface area contributed by atoms with Gasteiger partial charge in [0.05, 0.1) is 0 Å². The minimum Gasteiger partial charge on any atom is -0.483 e. The number of fused-ring (bicyclic) bond motifs is 1. The Hall–Kier alpha value is -1.78. The maximum Gasteiger partial charge on any atom is 0.260 e. The number of carbonyl (C=O) groups excluding carboxylic acids is 1. The molecular weight excluding hydrogens is 348 g/mol. The largest absolute Gasteiger partial charge is 0.483 e. The van der Waals surface area contributed by atoms with Crippen molar-refractivity contribution in [3.05, 3.63) is 41.4 Å². The van der Waals surface area contributed by atoms with Crippen LogP contribution in [0.25, 0.3) is 10.8 Å². The third-order valence-corrected chi connectivity index (χ3v) is 5.76. The van der Waals surface area contributed by atoms with Crippen LogP contribution >= 0.6 is 11.6 Å². The van der Waals surface area contributed by atoms with E-state index < -0.39 is 0 Å². The quantitative estimate of drug-likeness (QED) is 0.786. The number of benzene rings is 2. The van der Waals surface area contributed by atoms with Crippen LogP contribution in [0.5, 0.6) is 5.75 Å². The van der Waals surface area contributed by atoms with Crippen molar-refractivity contribution < 1.29 is 9.53 Å². The molecule has 2 atom stereocenters. The zero-order valence-corrected chi connectivity index (χ0v) is 16.5. The lowest BCUT2D eigenvalue weighted by atomic mass is 9.88. The zero-order valence-electron chi connectivity index (χ0n) is 15.7. The predicted molar refractivity (Wildman–Crippen MR) is 107 cm³/mol. The monoisotopic (exact) mass is 374 g/mol. The van der Waals surface area contributed by atoms with Gasteiger partial charge in [-0.05, 0) is 39.1 Å². The maximum atomic E-state index is 12.7. The van der Waals surface area contributed by atoms with Crippen LogP contribution in [0.1, 0.15) is 25.7 Å². The molecule has 0 spiro atoms. The van der Waals surface area contributed by atoms with Gasteiger partial charge in [-0.3, -0.25) is 4.79 Å². The van der Waals surface area contributed by atoms with Crippen LogP contribution in [0.15, 0.2) is 36.4 Å². The van der Waals surface area contributed by atoms with E-state index in [4.69, 9.17) is 16.3 Å². The second-order valence-electron chi connectivity index (χ2n) is 7.27. The second kappa shape index (κ2) is 8.28. The lowest BCUT2D eigenvalue weighted by molar-refractivity contribution is -0.136. The van der Waals surface area contributed by atoms with Gasteiger partial charge >= 0.3 is 0 Å². The first kappa shape index (κ1) is 19.0. The highest BCUT2D eigenvalue weighted by molar-refractivity contribution is 6.35. The molecule has 3 rings (SSSR count). The number of amides is 1. The van der Waals surface area contributed by atoms with Gasteiger partial charge in [-0.15, -0.1) is 0 Å². The first-order valence-corrected chi connectivity index (χ1v) is 9.59. The summed E-state index contributed by atoms with van der Waals surface area (Å²) < 4.78 is 5.88. The van der Waals surface area contributed by atoms with Crippen molar-refractivity contribution in [1.82, 2.24) is 9.80 Å². The Morgan fingerprint density at radius 1 is 1.04 bits per heavy atom. The molecule has 5 heteroatoms. The molecule has 1 aliphatic rings. The molecule has 0 radical (unpaired) electrons. The number of likely N-dealkylation sites (N-methyl/N-ethyl adjacent to an activating group) is 2. The third kappa shape index (κ3) is 3.97. The minimum absolute atomic E-state index is 0.0165. The van der Waals surface area contributed by atoms with Crippen LogP contribution in [-0.4, -0.2) is 55.5 Å². The van der Waals surface area contributed by atoms with E-state index in [0.717, 1.165) is 23.6 Å². The first-order valence-electron chi connectivity index (χ1n) is 9.21. The summed E-state index contributed by atoms with van der Waals surface area (Å²) in [5.74, 6) is 0.710. The van der Waals surface area contributed by atoms with Crippen LogP contribution in [0.4, 0.5) is 0 Å². The fraction of sp³-hybridized carbons (Fsp3) is 0.476. The number of rotatable bonds is 5. The molecule has 0 saturated heterocycles. The summed E-state index contributed by atoms with van der Waals surface area (Å²) in [4.78, 5) is 16.9. The normalized spacial score (nSPS) is 20.3. The van der Waals surface area contributed by atoms with Gasteiger partial charge in [-0.25, -0.2) is 0 Å². The highest BCUT2D eigenvalue weighted by Gasteiger charge is 2.32. The van der Waals surface area contributed by atoms with E-state index in [1.165, 1.54) is 12.8 Å². The van der Waals surface area contributed by atoms with Gasteiger partial charge < -0.3 is 14.5 Å². The van der Waals surface area contributed by atoms with E-state index in [0.29, 0.717) is 16.8 Å². The molecule has 4 nitrogen and oxygen atoms in total. The molecule has 1 saturated carbocycles. The van der Waals surface area contributed by atoms with Crippen molar-refractivity contribution in [2.75, 3.05) is 27.7 Å². The van der Waals surface area contributed by atoms with Crippen LogP contribution in [0, 0.1) is 0 Å². The molecular formula is C21H27ClN2O2. The van der Waals surface area contributed by atoms with Crippen LogP contribution in [0.2, 0.25) is 5.02 Å². The Labute approximate surface area is 160 Å². The van der Waals surface area contributed by atoms with E-state index in [9.17, 15) is 4.79 Å². The van der Waals surface area contributed by atoms with Gasteiger partial charge in [0.15, 0.2) is 6.61 Å².